The van der Waals surface area contributed by atoms with Crippen LogP contribution in [0.3, 0.4) is 0 Å². The van der Waals surface area contributed by atoms with E-state index < -0.39 is 0 Å². The first-order valence-corrected chi connectivity index (χ1v) is 23.2. The van der Waals surface area contributed by atoms with Crippen molar-refractivity contribution in [1.82, 2.24) is 9.55 Å². The smallest absolute Gasteiger partial charge is 0.668 e. The molecule has 0 spiro atoms. The number of pyridine rings is 1. The largest absolute Gasteiger partial charge is 4.00 e. The Morgan fingerprint density at radius 3 is 1.71 bits per heavy atom. The van der Waals surface area contributed by atoms with E-state index in [-0.39, 0.29) is 21.1 Å². The van der Waals surface area contributed by atoms with E-state index in [0.29, 0.717) is 18.2 Å². The van der Waals surface area contributed by atoms with Crippen molar-refractivity contribution in [3.8, 4) is 44.9 Å². The molecule has 0 saturated heterocycles. The van der Waals surface area contributed by atoms with E-state index in [9.17, 15) is 0 Å². The summed E-state index contributed by atoms with van der Waals surface area (Å²) in [6, 6.07) is 87.4. The van der Waals surface area contributed by atoms with Gasteiger partial charge in [-0.1, -0.05) is 182 Å². The zero-order valence-corrected chi connectivity index (χ0v) is 40.0. The predicted molar refractivity (Wildman–Crippen MR) is 284 cm³/mol. The van der Waals surface area contributed by atoms with Gasteiger partial charge in [0.1, 0.15) is 0 Å². The molecule has 13 rings (SSSR count). The van der Waals surface area contributed by atoms with Crippen LogP contribution >= 0.6 is 0 Å². The van der Waals surface area contributed by atoms with Gasteiger partial charge in [-0.2, -0.15) is 12.1 Å². The van der Waals surface area contributed by atoms with E-state index in [2.05, 4.69) is 233 Å². The van der Waals surface area contributed by atoms with Crippen LogP contribution in [0, 0.1) is 18.8 Å². The van der Waals surface area contributed by atoms with Crippen LogP contribution in [-0.2, 0) is 27.7 Å². The van der Waals surface area contributed by atoms with Crippen molar-refractivity contribution in [1.29, 1.82) is 0 Å². The fraction of sp³-hybridized carbons (Fsp3) is 0.0159. The monoisotopic (exact) mass is 1080 g/mol. The van der Waals surface area contributed by atoms with Gasteiger partial charge >= 0.3 is 21.1 Å². The second kappa shape index (κ2) is 18.2. The second-order valence-corrected chi connectivity index (χ2v) is 17.2. The van der Waals surface area contributed by atoms with Crippen LogP contribution in [0.15, 0.2) is 231 Å². The first-order valence-electron chi connectivity index (χ1n) is 23.2. The topological polar surface area (TPSA) is 47.6 Å². The van der Waals surface area contributed by atoms with Gasteiger partial charge < -0.3 is 24.4 Å². The third kappa shape index (κ3) is 7.63. The number of rotatable bonds is 10. The normalized spacial score (nSPS) is 12.1. The first-order chi connectivity index (χ1) is 34.2. The van der Waals surface area contributed by atoms with Crippen molar-refractivity contribution in [2.75, 3.05) is 9.80 Å². The summed E-state index contributed by atoms with van der Waals surface area (Å²) in [5.74, 6) is 1.18. The number of hydrogen-bond donors (Lipinski definition) is 0. The SMILES string of the molecule is [Pt+4].[c-]1c(Oc2[c-]c3c(cc2)c2ccccc2n3C[N-]c2ccc(-c3c4ccccc4nc4ccccc34)cc2)cccc1N1[CH-]N(c2c(-c3ccccc3)cccc2-c2ccccc2)c2ccccc21. The molecule has 334 valence electrons. The standard InChI is InChI=1S/C63H41N5O.Pt/c1-3-17-43(18-4-1)50-26-16-27-51(44-19-5-2-6-20-44)63(50)68-42-67(59-31-13-14-32-60(59)68)47-21-15-22-48(39-47)69-49-37-38-53-52-23-9-12-30-58(52)66(61(53)40-49)41-64-46-35-33-45(34-36-46)62-54-24-7-10-28-56(54)65-57-29-11-8-25-55(57)62;/h1-38,42H,41H2;/q-4;+4. The maximum atomic E-state index is 6.66. The Bertz CT molecular complexity index is 3760. The molecule has 3 heterocycles. The molecule has 7 heteroatoms. The molecule has 0 saturated carbocycles. The Labute approximate surface area is 420 Å². The summed E-state index contributed by atoms with van der Waals surface area (Å²) in [7, 11) is 0. The summed E-state index contributed by atoms with van der Waals surface area (Å²) in [4.78, 5) is 9.44. The predicted octanol–water partition coefficient (Wildman–Crippen LogP) is 17.0. The van der Waals surface area contributed by atoms with Crippen LogP contribution in [-0.4, -0.2) is 9.55 Å². The van der Waals surface area contributed by atoms with Crippen LogP contribution in [0.1, 0.15) is 0 Å². The number of nitrogens with zero attached hydrogens (tertiary/aromatic N) is 5. The van der Waals surface area contributed by atoms with Crippen LogP contribution < -0.4 is 14.5 Å². The van der Waals surface area contributed by atoms with E-state index in [4.69, 9.17) is 15.0 Å². The maximum absolute atomic E-state index is 6.66. The summed E-state index contributed by atoms with van der Waals surface area (Å²) in [5.41, 5.74) is 15.8. The van der Waals surface area contributed by atoms with E-state index in [1.807, 2.05) is 30.3 Å². The number of benzene rings is 10. The first kappa shape index (κ1) is 42.9. The number of fused-ring (bicyclic) bond motifs is 6. The summed E-state index contributed by atoms with van der Waals surface area (Å²) in [5, 5.41) is 9.64. The average Bonchev–Trinajstić information content (AvgIpc) is 3.95. The van der Waals surface area contributed by atoms with E-state index in [1.165, 1.54) is 5.56 Å². The van der Waals surface area contributed by atoms with Gasteiger partial charge in [0.2, 0.25) is 0 Å². The second-order valence-electron chi connectivity index (χ2n) is 17.2. The number of hydrogen-bond acceptors (Lipinski definition) is 4. The number of anilines is 4. The molecule has 0 N–H and O–H groups in total. The molecule has 6 nitrogen and oxygen atoms in total. The molecule has 12 aromatic rings. The van der Waals surface area contributed by atoms with E-state index >= 15 is 0 Å². The third-order valence-electron chi connectivity index (χ3n) is 13.1. The molecule has 2 aromatic heterocycles. The van der Waals surface area contributed by atoms with Gasteiger partial charge in [0.05, 0.1) is 11.0 Å². The molecular weight excluding hydrogens is 1040 g/mol. The Balaban J connectivity index is 0.00000505. The van der Waals surface area contributed by atoms with Gasteiger partial charge in [-0.3, -0.25) is 0 Å². The number of aromatic nitrogens is 2. The van der Waals surface area contributed by atoms with Crippen molar-refractivity contribution in [2.24, 2.45) is 0 Å². The molecule has 70 heavy (non-hydrogen) atoms. The van der Waals surface area contributed by atoms with E-state index in [1.54, 1.807) is 0 Å². The Hall–Kier alpha value is -8.44. The fourth-order valence-electron chi connectivity index (χ4n) is 9.94. The van der Waals surface area contributed by atoms with Gasteiger partial charge in [0, 0.05) is 61.5 Å². The van der Waals surface area contributed by atoms with Crippen molar-refractivity contribution < 1.29 is 25.8 Å². The number of para-hydroxylation sites is 6. The zero-order valence-electron chi connectivity index (χ0n) is 37.7. The minimum atomic E-state index is 0. The van der Waals surface area contributed by atoms with Gasteiger partial charge in [0.25, 0.3) is 0 Å². The van der Waals surface area contributed by atoms with Gasteiger partial charge in [-0.05, 0) is 52.4 Å². The van der Waals surface area contributed by atoms with Crippen molar-refractivity contribution in [3.05, 3.63) is 255 Å². The van der Waals surface area contributed by atoms with Gasteiger partial charge in [-0.25, -0.2) is 4.98 Å². The average molecular weight is 1080 g/mol. The minimum Gasteiger partial charge on any atom is -0.668 e. The molecule has 0 unspecified atom stereocenters. The third-order valence-corrected chi connectivity index (χ3v) is 13.1. The van der Waals surface area contributed by atoms with Gasteiger partial charge in [-0.15, -0.1) is 53.8 Å². The molecule has 0 aliphatic carbocycles. The summed E-state index contributed by atoms with van der Waals surface area (Å²) in [6.45, 7) is 2.58. The molecule has 10 aromatic carbocycles. The van der Waals surface area contributed by atoms with Crippen molar-refractivity contribution in [2.45, 2.75) is 6.67 Å². The van der Waals surface area contributed by atoms with Crippen LogP contribution in [0.4, 0.5) is 28.4 Å². The molecule has 0 bridgehead atoms. The molecule has 1 aliphatic rings. The maximum Gasteiger partial charge on any atom is 4.00 e. The molecule has 0 atom stereocenters. The molecule has 0 radical (unpaired) electrons. The quantitative estimate of drug-likeness (QED) is 0.101. The fourth-order valence-corrected chi connectivity index (χ4v) is 9.94. The van der Waals surface area contributed by atoms with Crippen molar-refractivity contribution >= 4 is 72.0 Å². The minimum absolute atomic E-state index is 0. The molecule has 0 fully saturated rings. The van der Waals surface area contributed by atoms with E-state index in [0.717, 1.165) is 99.9 Å². The van der Waals surface area contributed by atoms with Gasteiger partial charge in [0.15, 0.2) is 0 Å². The van der Waals surface area contributed by atoms with Crippen LogP contribution in [0.2, 0.25) is 0 Å². The summed E-state index contributed by atoms with van der Waals surface area (Å²) >= 11 is 0. The molecule has 1 aliphatic heterocycles. The van der Waals surface area contributed by atoms with Crippen LogP contribution in [0.5, 0.6) is 11.5 Å². The zero-order chi connectivity index (χ0) is 45.7. The van der Waals surface area contributed by atoms with Crippen molar-refractivity contribution in [3.63, 3.8) is 0 Å². The molecular formula is C63H41N5OPt. The Kier molecular flexibility index (Phi) is 11.2. The number of ether oxygens (including phenoxy) is 1. The summed E-state index contributed by atoms with van der Waals surface area (Å²) < 4.78 is 8.88. The summed E-state index contributed by atoms with van der Waals surface area (Å²) in [6.07, 6.45) is 0. The Morgan fingerprint density at radius 2 is 1.03 bits per heavy atom. The Morgan fingerprint density at radius 1 is 0.457 bits per heavy atom. The molecule has 0 amide bonds. The van der Waals surface area contributed by atoms with Crippen LogP contribution in [0.25, 0.3) is 82.3 Å².